The van der Waals surface area contributed by atoms with Crippen LogP contribution in [0.15, 0.2) is 112 Å². The number of rotatable bonds is 6. The molecule has 0 atom stereocenters. The second kappa shape index (κ2) is 10.4. The van der Waals surface area contributed by atoms with Gasteiger partial charge >= 0.3 is 0 Å². The van der Waals surface area contributed by atoms with Crippen molar-refractivity contribution in [2.75, 3.05) is 5.73 Å². The highest BCUT2D eigenvalue weighted by Gasteiger charge is 2.24. The number of nitrogens with zero attached hydrogens (tertiary/aromatic N) is 3. The molecule has 0 aromatic heterocycles. The molecule has 1 aliphatic carbocycles. The fourth-order valence-electron chi connectivity index (χ4n) is 4.71. The monoisotopic (exact) mass is 572 g/mol. The van der Waals surface area contributed by atoms with Crippen molar-refractivity contribution in [3.8, 4) is 17.1 Å². The average Bonchev–Trinajstić information content (AvgIpc) is 2.95. The van der Waals surface area contributed by atoms with Gasteiger partial charge in [-0.25, -0.2) is 15.2 Å². The van der Waals surface area contributed by atoms with Gasteiger partial charge in [-0.3, -0.25) is 4.55 Å². The molecule has 0 spiro atoms. The molecule has 0 bridgehead atoms. The first-order chi connectivity index (χ1) is 19.3. The second-order valence-corrected chi connectivity index (χ2v) is 10.9. The summed E-state index contributed by atoms with van der Waals surface area (Å²) in [6.45, 7) is 0. The highest BCUT2D eigenvalue weighted by atomic mass is 32.2. The van der Waals surface area contributed by atoms with E-state index in [1.165, 1.54) is 6.07 Å². The fraction of sp³-hybridized carbons (Fsp3) is 0. The number of hydrogen-bond acceptors (Lipinski definition) is 9. The number of nitrogens with two attached hydrogens (primary N) is 1. The summed E-state index contributed by atoms with van der Waals surface area (Å²) in [5.41, 5.74) is 10.3. The maximum atomic E-state index is 12.5. The van der Waals surface area contributed by atoms with Gasteiger partial charge in [0.15, 0.2) is 0 Å². The maximum absolute atomic E-state index is 12.5. The summed E-state index contributed by atoms with van der Waals surface area (Å²) in [5.74, 6) is 0. The third-order valence-corrected chi connectivity index (χ3v) is 7.88. The number of anilines is 1. The number of hydrogen-bond donors (Lipinski definition) is 3. The molecule has 12 heteroatoms. The molecule has 40 heavy (non-hydrogen) atoms. The fourth-order valence-corrected chi connectivity index (χ4v) is 5.85. The van der Waals surface area contributed by atoms with Gasteiger partial charge in [-0.2, -0.15) is 8.42 Å². The Morgan fingerprint density at radius 2 is 1.65 bits per heavy atom. The van der Waals surface area contributed by atoms with Crippen LogP contribution < -0.4 is 11.1 Å². The average molecular weight is 573 g/mol. The number of benzene rings is 5. The van der Waals surface area contributed by atoms with Gasteiger partial charge in [0.2, 0.25) is 0 Å². The molecule has 0 fully saturated rings. The lowest BCUT2D eigenvalue weighted by atomic mass is 10.0. The van der Waals surface area contributed by atoms with Gasteiger partial charge in [-0.05, 0) is 48.5 Å². The van der Waals surface area contributed by atoms with E-state index in [1.807, 2.05) is 53.1 Å². The molecule has 4 aromatic carbocycles. The van der Waals surface area contributed by atoms with Gasteiger partial charge in [0.25, 0.3) is 10.1 Å². The zero-order chi connectivity index (χ0) is 27.9. The molecule has 200 valence electrons. The van der Waals surface area contributed by atoms with Crippen LogP contribution in [0.5, 0.6) is 0 Å². The molecular formula is C28H20N4O6S2. The van der Waals surface area contributed by atoms with E-state index in [0.29, 0.717) is 61.5 Å². The molecule has 4 N–H and O–H groups in total. The molecular weight excluding hydrogens is 552 g/mol. The largest absolute Gasteiger partial charge is 0.398 e. The van der Waals surface area contributed by atoms with Crippen molar-refractivity contribution < 1.29 is 27.6 Å². The van der Waals surface area contributed by atoms with Crippen molar-refractivity contribution in [1.82, 2.24) is 9.55 Å². The van der Waals surface area contributed by atoms with Gasteiger partial charge in [0.1, 0.15) is 4.90 Å². The van der Waals surface area contributed by atoms with Crippen LogP contribution in [0.4, 0.5) is 11.4 Å². The lowest BCUT2D eigenvalue weighted by molar-refractivity contribution is -0.432. The standard InChI is InChI=1S/C28H20N4O6S2/c29-20-14-23-21(16-25(20)39-38-37-33)31-28-19-12-7-13-26(40(34,35)36)27(19)22(30-17-8-3-1-4-9-17)15-24(28)32(23)18-10-5-2-6-11-18/h1-16,33H,29H2,(H,34,35,36)/b30-22+. The number of fused-ring (bicyclic) bond motifs is 4. The molecule has 0 unspecified atom stereocenters. The minimum atomic E-state index is -4.61. The van der Waals surface area contributed by atoms with Gasteiger partial charge in [-0.1, -0.05) is 53.6 Å². The third-order valence-electron chi connectivity index (χ3n) is 6.33. The summed E-state index contributed by atoms with van der Waals surface area (Å²) in [6.07, 6.45) is 0. The Hall–Kier alpha value is -4.30. The molecule has 0 radical (unpaired) electrons. The van der Waals surface area contributed by atoms with E-state index in [2.05, 4.69) is 9.37 Å². The number of aromatic nitrogens is 2. The Labute approximate surface area is 232 Å². The van der Waals surface area contributed by atoms with E-state index in [1.54, 1.807) is 42.5 Å². The molecule has 4 aromatic rings. The van der Waals surface area contributed by atoms with Gasteiger partial charge in [0.05, 0.1) is 50.4 Å². The Bertz CT molecular complexity index is 2030. The Kier molecular flexibility index (Phi) is 6.72. The topological polar surface area (TPSA) is 149 Å². The van der Waals surface area contributed by atoms with E-state index in [-0.39, 0.29) is 10.3 Å². The van der Waals surface area contributed by atoms with E-state index in [9.17, 15) is 13.0 Å². The minimum absolute atomic E-state index is 0.231. The lowest BCUT2D eigenvalue weighted by Gasteiger charge is -2.21. The van der Waals surface area contributed by atoms with E-state index >= 15 is 0 Å². The Morgan fingerprint density at radius 1 is 0.925 bits per heavy atom. The Balaban J connectivity index is 1.84. The molecule has 0 saturated heterocycles. The van der Waals surface area contributed by atoms with E-state index < -0.39 is 10.1 Å². The smallest absolute Gasteiger partial charge is 0.295 e. The van der Waals surface area contributed by atoms with Gasteiger partial charge < -0.3 is 10.3 Å². The Morgan fingerprint density at radius 3 is 2.35 bits per heavy atom. The van der Waals surface area contributed by atoms with Crippen LogP contribution in [0.25, 0.3) is 38.9 Å². The molecule has 1 heterocycles. The lowest BCUT2D eigenvalue weighted by Crippen LogP contribution is -2.15. The van der Waals surface area contributed by atoms with Crippen LogP contribution in [0.1, 0.15) is 0 Å². The zero-order valence-electron chi connectivity index (χ0n) is 20.5. The maximum Gasteiger partial charge on any atom is 0.295 e. The van der Waals surface area contributed by atoms with Crippen molar-refractivity contribution in [1.29, 1.82) is 0 Å². The molecule has 0 amide bonds. The van der Waals surface area contributed by atoms with Crippen LogP contribution in [-0.4, -0.2) is 27.8 Å². The van der Waals surface area contributed by atoms with Crippen molar-refractivity contribution in [2.24, 2.45) is 4.99 Å². The molecule has 10 nitrogen and oxygen atoms in total. The van der Waals surface area contributed by atoms with Crippen LogP contribution >= 0.6 is 12.0 Å². The number of para-hydroxylation sites is 2. The first-order valence-electron chi connectivity index (χ1n) is 11.8. The number of nitrogen functional groups attached to an aromatic ring is 1. The highest BCUT2D eigenvalue weighted by molar-refractivity contribution is 7.94. The third kappa shape index (κ3) is 4.69. The normalized spacial score (nSPS) is 12.5. The summed E-state index contributed by atoms with van der Waals surface area (Å²) in [6, 6.07) is 28.4. The minimum Gasteiger partial charge on any atom is -0.398 e. The van der Waals surface area contributed by atoms with Gasteiger partial charge in [-0.15, -0.1) is 4.33 Å². The van der Waals surface area contributed by atoms with Crippen molar-refractivity contribution in [3.63, 3.8) is 0 Å². The predicted molar refractivity (Wildman–Crippen MR) is 152 cm³/mol. The first-order valence-corrected chi connectivity index (χ1v) is 14.0. The highest BCUT2D eigenvalue weighted by Crippen LogP contribution is 2.38. The summed E-state index contributed by atoms with van der Waals surface area (Å²) < 4.78 is 41.7. The molecule has 6 rings (SSSR count). The van der Waals surface area contributed by atoms with Crippen LogP contribution in [0.2, 0.25) is 0 Å². The molecule has 0 saturated carbocycles. The van der Waals surface area contributed by atoms with E-state index in [0.717, 1.165) is 5.69 Å². The second-order valence-electron chi connectivity index (χ2n) is 8.75. The van der Waals surface area contributed by atoms with E-state index in [4.69, 9.17) is 21.0 Å². The summed E-state index contributed by atoms with van der Waals surface area (Å²) in [7, 11) is -4.61. The predicted octanol–water partition coefficient (Wildman–Crippen LogP) is 5.77. The zero-order valence-corrected chi connectivity index (χ0v) is 22.1. The van der Waals surface area contributed by atoms with Gasteiger partial charge in [0, 0.05) is 22.1 Å². The van der Waals surface area contributed by atoms with Crippen molar-refractivity contribution in [3.05, 3.63) is 102 Å². The van der Waals surface area contributed by atoms with Crippen LogP contribution in [-0.2, 0) is 19.5 Å². The quantitative estimate of drug-likeness (QED) is 0.0430. The summed E-state index contributed by atoms with van der Waals surface area (Å²) >= 11 is 0.708. The first kappa shape index (κ1) is 26.0. The summed E-state index contributed by atoms with van der Waals surface area (Å²) in [4.78, 5) is 9.84. The van der Waals surface area contributed by atoms with Crippen molar-refractivity contribution in [2.45, 2.75) is 9.79 Å². The summed E-state index contributed by atoms with van der Waals surface area (Å²) in [5, 5.41) is 13.4. The molecule has 1 aliphatic heterocycles. The van der Waals surface area contributed by atoms with Crippen LogP contribution in [0, 0.1) is 0 Å². The van der Waals surface area contributed by atoms with Crippen LogP contribution in [0.3, 0.4) is 0 Å². The molecule has 2 aliphatic rings. The SMILES string of the molecule is Nc1cc2c(cc1SOOO)nc1c3cccc(S(=O)(=O)O)c3/c(=N/c3ccccc3)cc-1n2-c1ccccc1. The van der Waals surface area contributed by atoms with Crippen molar-refractivity contribution >= 4 is 55.3 Å².